The van der Waals surface area contributed by atoms with Gasteiger partial charge in [-0.3, -0.25) is 9.59 Å². The van der Waals surface area contributed by atoms with Gasteiger partial charge in [-0.25, -0.2) is 14.8 Å². The lowest BCUT2D eigenvalue weighted by atomic mass is 10.0. The summed E-state index contributed by atoms with van der Waals surface area (Å²) in [6.07, 6.45) is 2.70. The number of aromatic nitrogens is 2. The Morgan fingerprint density at radius 3 is 2.49 bits per heavy atom. The van der Waals surface area contributed by atoms with E-state index in [0.717, 1.165) is 12.0 Å². The Morgan fingerprint density at radius 2 is 1.86 bits per heavy atom. The van der Waals surface area contributed by atoms with E-state index in [4.69, 9.17) is 11.1 Å². The fourth-order valence-electron chi connectivity index (χ4n) is 3.75. The number of aliphatic carboxylic acids is 1. The van der Waals surface area contributed by atoms with E-state index in [9.17, 15) is 19.5 Å². The number of carboxylic acid groups (broad SMARTS) is 1. The first-order chi connectivity index (χ1) is 17.7. The molecule has 0 aliphatic rings. The number of nitrogens with zero attached hydrogens (tertiary/aromatic N) is 2. The number of carbonyl (C=O) groups is 3. The molecule has 0 bridgehead atoms. The average Bonchev–Trinajstić information content (AvgIpc) is 3.39. The van der Waals surface area contributed by atoms with E-state index in [1.165, 1.54) is 17.6 Å². The summed E-state index contributed by atoms with van der Waals surface area (Å²) in [6.45, 7) is 3.57. The molecule has 1 aromatic carbocycles. The predicted molar refractivity (Wildman–Crippen MR) is 143 cm³/mol. The molecule has 1 atom stereocenters. The second-order valence-corrected chi connectivity index (χ2v) is 9.19. The van der Waals surface area contributed by atoms with Gasteiger partial charge in [-0.1, -0.05) is 18.2 Å². The number of carbonyl (C=O) groups excluding carboxylic acids is 2. The smallest absolute Gasteiger partial charge is 0.328 e. The van der Waals surface area contributed by atoms with Crippen LogP contribution in [0.4, 0.5) is 11.6 Å². The highest BCUT2D eigenvalue weighted by Gasteiger charge is 2.24. The van der Waals surface area contributed by atoms with Gasteiger partial charge in [0.15, 0.2) is 0 Å². The van der Waals surface area contributed by atoms with Gasteiger partial charge in [0.2, 0.25) is 5.95 Å². The predicted octanol–water partition coefficient (Wildman–Crippen LogP) is 2.39. The van der Waals surface area contributed by atoms with Crippen molar-refractivity contribution in [2.45, 2.75) is 32.7 Å². The summed E-state index contributed by atoms with van der Waals surface area (Å²) in [5.74, 6) is -1.98. The molecule has 12 heteroatoms. The number of amides is 2. The monoisotopic (exact) mass is 523 g/mol. The maximum atomic E-state index is 12.9. The number of nitrogens with one attached hydrogen (secondary N) is 4. The zero-order valence-electron chi connectivity index (χ0n) is 20.5. The van der Waals surface area contributed by atoms with E-state index < -0.39 is 23.8 Å². The van der Waals surface area contributed by atoms with Crippen LogP contribution in [0.15, 0.2) is 35.7 Å². The van der Waals surface area contributed by atoms with Crippen LogP contribution in [0, 0.1) is 19.3 Å². The molecule has 0 aliphatic heterocycles. The molecule has 194 valence electrons. The number of nitrogens with two attached hydrogens (primary N) is 1. The molecule has 3 rings (SSSR count). The van der Waals surface area contributed by atoms with Crippen molar-refractivity contribution >= 4 is 47.0 Å². The van der Waals surface area contributed by atoms with Crippen LogP contribution in [-0.2, 0) is 11.2 Å². The van der Waals surface area contributed by atoms with Gasteiger partial charge in [0.1, 0.15) is 6.04 Å². The summed E-state index contributed by atoms with van der Waals surface area (Å²) in [4.78, 5) is 45.8. The molecule has 11 nitrogen and oxygen atoms in total. The summed E-state index contributed by atoms with van der Waals surface area (Å²) in [7, 11) is 0. The topological polar surface area (TPSA) is 183 Å². The Morgan fingerprint density at radius 1 is 1.14 bits per heavy atom. The lowest BCUT2D eigenvalue weighted by Crippen LogP contribution is -2.48. The van der Waals surface area contributed by atoms with Gasteiger partial charge in [0.05, 0.1) is 21.8 Å². The highest BCUT2D eigenvalue weighted by molar-refractivity contribution is 7.12. The van der Waals surface area contributed by atoms with Gasteiger partial charge in [0.25, 0.3) is 11.8 Å². The van der Waals surface area contributed by atoms with Crippen LogP contribution in [-0.4, -0.2) is 58.2 Å². The minimum Gasteiger partial charge on any atom is -0.480 e. The van der Waals surface area contributed by atoms with Crippen LogP contribution in [0.1, 0.15) is 49.0 Å². The van der Waals surface area contributed by atoms with Crippen molar-refractivity contribution in [3.8, 4) is 0 Å². The van der Waals surface area contributed by atoms with Crippen molar-refractivity contribution in [2.24, 2.45) is 0 Å². The first kappa shape index (κ1) is 27.3. The largest absolute Gasteiger partial charge is 0.480 e. The van der Waals surface area contributed by atoms with Crippen LogP contribution < -0.4 is 21.7 Å². The average molecular weight is 524 g/mol. The van der Waals surface area contributed by atoms with Crippen LogP contribution >= 0.6 is 11.3 Å². The summed E-state index contributed by atoms with van der Waals surface area (Å²) < 4.78 is 0. The Hall–Kier alpha value is -4.32. The highest BCUT2D eigenvalue weighted by atomic mass is 32.1. The van der Waals surface area contributed by atoms with Crippen molar-refractivity contribution in [3.63, 3.8) is 0 Å². The van der Waals surface area contributed by atoms with E-state index in [-0.39, 0.29) is 12.1 Å². The van der Waals surface area contributed by atoms with Gasteiger partial charge in [-0.15, -0.1) is 11.3 Å². The molecule has 0 radical (unpaired) electrons. The fraction of sp³-hybridized carbons (Fsp3) is 0.280. The highest BCUT2D eigenvalue weighted by Crippen LogP contribution is 2.17. The Labute approximate surface area is 218 Å². The quantitative estimate of drug-likeness (QED) is 0.119. The normalized spacial score (nSPS) is 11.4. The van der Waals surface area contributed by atoms with Gasteiger partial charge in [0, 0.05) is 30.6 Å². The molecule has 0 fully saturated rings. The summed E-state index contributed by atoms with van der Waals surface area (Å²) in [5.41, 5.74) is 9.15. The Balaban J connectivity index is 1.58. The maximum absolute atomic E-state index is 12.9. The molecule has 7 N–H and O–H groups in total. The number of nitrogen functional groups attached to an aromatic ring is 1. The van der Waals surface area contributed by atoms with E-state index in [1.54, 1.807) is 37.4 Å². The molecule has 3 aromatic rings. The second-order valence-electron chi connectivity index (χ2n) is 8.24. The third kappa shape index (κ3) is 7.10. The molecule has 0 saturated heterocycles. The minimum atomic E-state index is -1.33. The second kappa shape index (κ2) is 12.6. The lowest BCUT2D eigenvalue weighted by Gasteiger charge is -2.17. The first-order valence-electron chi connectivity index (χ1n) is 11.5. The Kier molecular flexibility index (Phi) is 9.27. The van der Waals surface area contributed by atoms with Gasteiger partial charge >= 0.3 is 5.97 Å². The zero-order valence-corrected chi connectivity index (χ0v) is 21.3. The Bertz CT molecular complexity index is 1270. The zero-order chi connectivity index (χ0) is 26.9. The van der Waals surface area contributed by atoms with E-state index in [0.29, 0.717) is 46.4 Å². The number of anilines is 2. The first-order valence-corrected chi connectivity index (χ1v) is 12.4. The molecule has 2 aromatic heterocycles. The molecule has 1 unspecified atom stereocenters. The lowest BCUT2D eigenvalue weighted by molar-refractivity contribution is -0.139. The third-order valence-electron chi connectivity index (χ3n) is 5.59. The number of aryl methyl sites for hydroxylation is 3. The number of hydrogen-bond donors (Lipinski definition) is 6. The minimum absolute atomic E-state index is 0.178. The number of hydrogen-bond acceptors (Lipinski definition) is 9. The summed E-state index contributed by atoms with van der Waals surface area (Å²) in [5, 5.41) is 26.9. The molecule has 37 heavy (non-hydrogen) atoms. The molecule has 2 amide bonds. The number of carboxylic acids is 1. The van der Waals surface area contributed by atoms with E-state index in [1.807, 2.05) is 12.1 Å². The molecule has 2 heterocycles. The van der Waals surface area contributed by atoms with E-state index >= 15 is 0 Å². The van der Waals surface area contributed by atoms with Gasteiger partial charge in [-0.2, -0.15) is 0 Å². The molecule has 0 aliphatic carbocycles. The number of thiophene rings is 1. The van der Waals surface area contributed by atoms with Crippen LogP contribution in [0.25, 0.3) is 0 Å². The van der Waals surface area contributed by atoms with Crippen molar-refractivity contribution < 1.29 is 19.5 Å². The van der Waals surface area contributed by atoms with Crippen molar-refractivity contribution in [2.75, 3.05) is 24.1 Å². The SMILES string of the molecule is Cc1nc(NCCCc2cccc(N)c2C=N)nc(C)c1C(=O)NC(CNC(=O)c1cccs1)C(=O)O. The molecule has 0 spiro atoms. The maximum Gasteiger partial charge on any atom is 0.328 e. The van der Waals surface area contributed by atoms with Crippen molar-refractivity contribution in [1.29, 1.82) is 5.41 Å². The van der Waals surface area contributed by atoms with E-state index in [2.05, 4.69) is 25.9 Å². The van der Waals surface area contributed by atoms with Gasteiger partial charge < -0.3 is 32.2 Å². The third-order valence-corrected chi connectivity index (χ3v) is 6.46. The fourth-order valence-corrected chi connectivity index (χ4v) is 4.39. The number of rotatable bonds is 12. The van der Waals surface area contributed by atoms with Gasteiger partial charge in [-0.05, 0) is 49.8 Å². The van der Waals surface area contributed by atoms with Crippen molar-refractivity contribution in [1.82, 2.24) is 20.6 Å². The van der Waals surface area contributed by atoms with Crippen LogP contribution in [0.3, 0.4) is 0 Å². The molecule has 0 saturated carbocycles. The summed E-state index contributed by atoms with van der Waals surface area (Å²) >= 11 is 1.23. The number of benzene rings is 1. The molecular weight excluding hydrogens is 494 g/mol. The van der Waals surface area contributed by atoms with Crippen LogP contribution in [0.5, 0.6) is 0 Å². The standard InChI is InChI=1S/C25H29N7O4S/c1-14-21(23(34)32-19(24(35)36)13-29-22(33)20-9-5-11-37-20)15(2)31-25(30-14)28-10-4-7-16-6-3-8-18(27)17(16)12-26/h3,5-6,8-9,11-12,19,26H,4,7,10,13,27H2,1-2H3,(H,29,33)(H,32,34)(H,35,36)(H,28,30,31). The molecular formula is C25H29N7O4S. The van der Waals surface area contributed by atoms with Crippen LogP contribution in [0.2, 0.25) is 0 Å². The van der Waals surface area contributed by atoms with Crippen molar-refractivity contribution in [3.05, 3.63) is 68.7 Å². The summed E-state index contributed by atoms with van der Waals surface area (Å²) in [6, 6.07) is 7.57.